The van der Waals surface area contributed by atoms with Crippen LogP contribution in [0.1, 0.15) is 30.9 Å². The van der Waals surface area contributed by atoms with Crippen LogP contribution in [0.5, 0.6) is 0 Å². The summed E-state index contributed by atoms with van der Waals surface area (Å²) in [5.41, 5.74) is 2.04. The molecule has 94 valence electrons. The predicted octanol–water partition coefficient (Wildman–Crippen LogP) is 4.54. The van der Waals surface area contributed by atoms with Crippen molar-refractivity contribution >= 4 is 9.47 Å². The molecule has 0 aromatic heterocycles. The normalized spacial score (nSPS) is 11.4. The first kappa shape index (κ1) is 13.3. The van der Waals surface area contributed by atoms with E-state index < -0.39 is 0 Å². The van der Waals surface area contributed by atoms with Gasteiger partial charge in [-0.3, -0.25) is 0 Å². The molecule has 2 heteroatoms. The molecule has 0 bridgehead atoms. The van der Waals surface area contributed by atoms with Crippen LogP contribution < -0.4 is 0 Å². The molecule has 0 radical (unpaired) electrons. The third kappa shape index (κ3) is 2.48. The minimum atomic E-state index is -0.359. The maximum absolute atomic E-state index is 5.87. The van der Waals surface area contributed by atoms with Gasteiger partial charge in [0.2, 0.25) is 0 Å². The molecule has 1 atom stereocenters. The number of hydrogen-bond acceptors (Lipinski definition) is 1. The van der Waals surface area contributed by atoms with Crippen molar-refractivity contribution in [2.75, 3.05) is 0 Å². The summed E-state index contributed by atoms with van der Waals surface area (Å²) in [6.07, 6.45) is 2.03. The highest BCUT2D eigenvalue weighted by Crippen LogP contribution is 2.39. The van der Waals surface area contributed by atoms with Gasteiger partial charge in [0.05, 0.1) is 0 Å². The Morgan fingerprint density at radius 1 is 0.889 bits per heavy atom. The molecule has 1 unspecified atom stereocenters. The molecule has 0 spiro atoms. The van der Waals surface area contributed by atoms with Crippen LogP contribution in [0.15, 0.2) is 60.7 Å². The van der Waals surface area contributed by atoms with E-state index in [1.165, 1.54) is 11.1 Å². The molecule has 2 aromatic carbocycles. The average Bonchev–Trinajstić information content (AvgIpc) is 2.47. The zero-order valence-corrected chi connectivity index (χ0v) is 11.8. The van der Waals surface area contributed by atoms with Gasteiger partial charge in [-0.05, 0) is 17.5 Å². The average molecular weight is 258 g/mol. The van der Waals surface area contributed by atoms with Gasteiger partial charge >= 0.3 is 0 Å². The molecule has 0 aliphatic heterocycles. The lowest BCUT2D eigenvalue weighted by molar-refractivity contribution is 0.127. The lowest BCUT2D eigenvalue weighted by Gasteiger charge is -2.33. The van der Waals surface area contributed by atoms with Crippen molar-refractivity contribution in [1.82, 2.24) is 0 Å². The number of hydrogen-bond donors (Lipinski definition) is 0. The molecule has 0 saturated heterocycles. The van der Waals surface area contributed by atoms with Crippen molar-refractivity contribution in [1.29, 1.82) is 0 Å². The van der Waals surface area contributed by atoms with Gasteiger partial charge in [0.15, 0.2) is 0 Å². The first-order chi connectivity index (χ1) is 8.83. The van der Waals surface area contributed by atoms with Crippen molar-refractivity contribution in [3.63, 3.8) is 0 Å². The van der Waals surface area contributed by atoms with E-state index in [0.29, 0.717) is 0 Å². The van der Waals surface area contributed by atoms with Crippen molar-refractivity contribution < 1.29 is 4.52 Å². The molecule has 2 aromatic rings. The smallest absolute Gasteiger partial charge is 0.122 e. The highest BCUT2D eigenvalue weighted by Gasteiger charge is 2.33. The second-order valence-corrected chi connectivity index (χ2v) is 4.66. The predicted molar refractivity (Wildman–Crippen MR) is 79.4 cm³/mol. The second-order valence-electron chi connectivity index (χ2n) is 4.43. The summed E-state index contributed by atoms with van der Waals surface area (Å²) in [5, 5.41) is 0. The fraction of sp³-hybridized carbons (Fsp3) is 0.250. The van der Waals surface area contributed by atoms with Gasteiger partial charge < -0.3 is 4.52 Å². The van der Waals surface area contributed by atoms with Crippen LogP contribution in [-0.2, 0) is 10.1 Å². The van der Waals surface area contributed by atoms with Crippen LogP contribution in [0.4, 0.5) is 0 Å². The van der Waals surface area contributed by atoms with Gasteiger partial charge in [0, 0.05) is 9.47 Å². The monoisotopic (exact) mass is 258 g/mol. The minimum absolute atomic E-state index is 0.359. The van der Waals surface area contributed by atoms with Crippen LogP contribution in [0.2, 0.25) is 0 Å². The zero-order chi connectivity index (χ0) is 12.8. The van der Waals surface area contributed by atoms with Gasteiger partial charge in [-0.15, -0.1) is 0 Å². The standard InChI is InChI=1S/C16H19OP/c1-2-13-16(17-18,14-9-5-3-6-10-14)15-11-7-4-8-12-15/h3-12H,2,13,18H2,1H3. The summed E-state index contributed by atoms with van der Waals surface area (Å²) in [6, 6.07) is 20.8. The third-order valence-electron chi connectivity index (χ3n) is 3.28. The fourth-order valence-electron chi connectivity index (χ4n) is 2.42. The molecular formula is C16H19OP. The molecule has 18 heavy (non-hydrogen) atoms. The van der Waals surface area contributed by atoms with Crippen LogP contribution in [0.3, 0.4) is 0 Å². The molecule has 0 saturated carbocycles. The van der Waals surface area contributed by atoms with Crippen molar-refractivity contribution in [2.24, 2.45) is 0 Å². The van der Waals surface area contributed by atoms with E-state index >= 15 is 0 Å². The molecule has 2 rings (SSSR count). The number of benzene rings is 2. The highest BCUT2D eigenvalue weighted by atomic mass is 31.0. The first-order valence-electron chi connectivity index (χ1n) is 6.32. The van der Waals surface area contributed by atoms with E-state index in [-0.39, 0.29) is 5.60 Å². The molecule has 0 heterocycles. The molecular weight excluding hydrogens is 239 g/mol. The van der Waals surface area contributed by atoms with Gasteiger partial charge in [-0.1, -0.05) is 74.0 Å². The van der Waals surface area contributed by atoms with E-state index in [4.69, 9.17) is 4.52 Å². The Hall–Kier alpha value is -1.17. The van der Waals surface area contributed by atoms with Gasteiger partial charge in [0.1, 0.15) is 5.60 Å². The van der Waals surface area contributed by atoms with Gasteiger partial charge in [-0.2, -0.15) is 0 Å². The van der Waals surface area contributed by atoms with E-state index in [1.54, 1.807) is 0 Å². The van der Waals surface area contributed by atoms with Crippen LogP contribution in [0, 0.1) is 0 Å². The van der Waals surface area contributed by atoms with Gasteiger partial charge in [0.25, 0.3) is 0 Å². The summed E-state index contributed by atoms with van der Waals surface area (Å²) < 4.78 is 5.87. The van der Waals surface area contributed by atoms with E-state index in [9.17, 15) is 0 Å². The Morgan fingerprint density at radius 2 is 1.33 bits per heavy atom. The molecule has 0 N–H and O–H groups in total. The summed E-state index contributed by atoms with van der Waals surface area (Å²) >= 11 is 0. The molecule has 0 aliphatic carbocycles. The Balaban J connectivity index is 2.53. The molecule has 0 fully saturated rings. The Kier molecular flexibility index (Phi) is 4.52. The third-order valence-corrected chi connectivity index (χ3v) is 3.69. The lowest BCUT2D eigenvalue weighted by Crippen LogP contribution is -2.27. The largest absolute Gasteiger partial charge is 0.350 e. The highest BCUT2D eigenvalue weighted by molar-refractivity contribution is 7.09. The first-order valence-corrected chi connectivity index (χ1v) is 6.79. The summed E-state index contributed by atoms with van der Waals surface area (Å²) in [4.78, 5) is 0. The second kappa shape index (κ2) is 6.13. The quantitative estimate of drug-likeness (QED) is 0.715. The summed E-state index contributed by atoms with van der Waals surface area (Å²) in [6.45, 7) is 2.18. The number of rotatable bonds is 5. The summed E-state index contributed by atoms with van der Waals surface area (Å²) in [5.74, 6) is 0. The maximum Gasteiger partial charge on any atom is 0.122 e. The van der Waals surface area contributed by atoms with Crippen LogP contribution in [0.25, 0.3) is 0 Å². The maximum atomic E-state index is 5.87. The molecule has 1 nitrogen and oxygen atoms in total. The molecule has 0 aliphatic rings. The SMILES string of the molecule is CCCC(OP)(c1ccccc1)c1ccccc1. The van der Waals surface area contributed by atoms with Crippen molar-refractivity contribution in [3.8, 4) is 0 Å². The van der Waals surface area contributed by atoms with Crippen molar-refractivity contribution in [3.05, 3.63) is 71.8 Å². The molecule has 0 amide bonds. The Bertz CT molecular complexity index is 427. The lowest BCUT2D eigenvalue weighted by atomic mass is 9.83. The van der Waals surface area contributed by atoms with Gasteiger partial charge in [-0.25, -0.2) is 0 Å². The van der Waals surface area contributed by atoms with Crippen molar-refractivity contribution in [2.45, 2.75) is 25.4 Å². The fourth-order valence-corrected chi connectivity index (χ4v) is 2.81. The van der Waals surface area contributed by atoms with Crippen LogP contribution in [-0.4, -0.2) is 0 Å². The minimum Gasteiger partial charge on any atom is -0.350 e. The summed E-state index contributed by atoms with van der Waals surface area (Å²) in [7, 11) is 2.44. The Labute approximate surface area is 111 Å². The van der Waals surface area contributed by atoms with Crippen LogP contribution >= 0.6 is 9.47 Å². The van der Waals surface area contributed by atoms with E-state index in [2.05, 4.69) is 64.9 Å². The van der Waals surface area contributed by atoms with E-state index in [0.717, 1.165) is 12.8 Å². The Morgan fingerprint density at radius 3 is 1.67 bits per heavy atom. The topological polar surface area (TPSA) is 9.23 Å². The zero-order valence-electron chi connectivity index (χ0n) is 10.7. The van der Waals surface area contributed by atoms with E-state index in [1.807, 2.05) is 12.1 Å².